The molecule has 0 bridgehead atoms. The molecule has 0 radical (unpaired) electrons. The van der Waals surface area contributed by atoms with Crippen LogP contribution in [0.25, 0.3) is 0 Å². The summed E-state index contributed by atoms with van der Waals surface area (Å²) in [7, 11) is 0. The molecule has 2 aliphatic heterocycles. The molecule has 0 N–H and O–H groups in total. The average Bonchev–Trinajstić information content (AvgIpc) is 3.11. The first-order chi connectivity index (χ1) is 11.2. The van der Waals surface area contributed by atoms with E-state index < -0.39 is 12.1 Å². The number of carbonyl (C=O) groups excluding carboxylic acids is 2. The maximum atomic E-state index is 12.8. The van der Waals surface area contributed by atoms with Crippen LogP contribution in [-0.4, -0.2) is 23.9 Å². The summed E-state index contributed by atoms with van der Waals surface area (Å²) in [5.74, 6) is -0.622. The summed E-state index contributed by atoms with van der Waals surface area (Å²) < 4.78 is 0. The zero-order chi connectivity index (χ0) is 16.0. The summed E-state index contributed by atoms with van der Waals surface area (Å²) in [4.78, 5) is 26.6. The van der Waals surface area contributed by atoms with Crippen LogP contribution >= 0.6 is 0 Å². The number of hydrogen-bond acceptors (Lipinski definition) is 5. The number of anilines is 2. The van der Waals surface area contributed by atoms with Gasteiger partial charge in [-0.15, -0.1) is 0 Å². The van der Waals surface area contributed by atoms with Gasteiger partial charge in [0, 0.05) is 0 Å². The molecule has 0 aliphatic carbocycles. The highest BCUT2D eigenvalue weighted by Crippen LogP contribution is 2.34. The molecule has 1 saturated heterocycles. The van der Waals surface area contributed by atoms with E-state index in [9.17, 15) is 9.59 Å². The minimum atomic E-state index is -0.774. The van der Waals surface area contributed by atoms with Gasteiger partial charge in [0.15, 0.2) is 12.1 Å². The summed E-state index contributed by atoms with van der Waals surface area (Å²) in [5.41, 5.74) is 2.39. The van der Waals surface area contributed by atoms with Crippen LogP contribution in [0.4, 0.5) is 11.4 Å². The quantitative estimate of drug-likeness (QED) is 0.801. The highest BCUT2D eigenvalue weighted by Gasteiger charge is 2.55. The number of aryl methyl sites for hydroxylation is 1. The third kappa shape index (κ3) is 2.03. The van der Waals surface area contributed by atoms with E-state index in [0.29, 0.717) is 5.69 Å². The van der Waals surface area contributed by atoms with Crippen LogP contribution in [0.2, 0.25) is 0 Å². The van der Waals surface area contributed by atoms with Crippen LogP contribution < -0.4 is 9.91 Å². The molecule has 0 aromatic heterocycles. The molecule has 2 atom stereocenters. The Morgan fingerprint density at radius 2 is 1.57 bits per heavy atom. The zero-order valence-electron chi connectivity index (χ0n) is 12.5. The van der Waals surface area contributed by atoms with E-state index in [1.54, 1.807) is 12.1 Å². The molecule has 2 aromatic rings. The summed E-state index contributed by atoms with van der Waals surface area (Å²) in [6, 6.07) is 15.1. The number of para-hydroxylation sites is 1. The fourth-order valence-electron chi connectivity index (χ4n) is 2.90. The Morgan fingerprint density at radius 3 is 2.26 bits per heavy atom. The number of imide groups is 1. The minimum Gasteiger partial charge on any atom is -0.271 e. The first-order valence-corrected chi connectivity index (χ1v) is 7.36. The van der Waals surface area contributed by atoms with Gasteiger partial charge in [0.25, 0.3) is 11.8 Å². The topological polar surface area (TPSA) is 65.3 Å². The second kappa shape index (κ2) is 5.01. The molecular weight excluding hydrogens is 292 g/mol. The van der Waals surface area contributed by atoms with E-state index in [4.69, 9.17) is 0 Å². The Kier molecular flexibility index (Phi) is 2.97. The molecule has 114 valence electrons. The summed E-state index contributed by atoms with van der Waals surface area (Å²) >= 11 is 0. The third-order valence-electron chi connectivity index (χ3n) is 4.09. The molecule has 2 aliphatic rings. The molecule has 2 aromatic carbocycles. The van der Waals surface area contributed by atoms with Gasteiger partial charge >= 0.3 is 0 Å². The summed E-state index contributed by atoms with van der Waals surface area (Å²) in [6.45, 7) is 1.96. The lowest BCUT2D eigenvalue weighted by Crippen LogP contribution is -2.39. The zero-order valence-corrected chi connectivity index (χ0v) is 12.5. The predicted molar refractivity (Wildman–Crippen MR) is 85.0 cm³/mol. The fourth-order valence-corrected chi connectivity index (χ4v) is 2.90. The second-order valence-electron chi connectivity index (χ2n) is 5.62. The fraction of sp³-hybridized carbons (Fsp3) is 0.176. The lowest BCUT2D eigenvalue weighted by atomic mass is 10.1. The number of benzene rings is 2. The van der Waals surface area contributed by atoms with Crippen LogP contribution in [-0.2, 0) is 9.59 Å². The van der Waals surface area contributed by atoms with E-state index in [0.717, 1.165) is 11.3 Å². The number of fused-ring (bicyclic) bond motifs is 1. The lowest BCUT2D eigenvalue weighted by Gasteiger charge is -2.20. The van der Waals surface area contributed by atoms with E-state index in [-0.39, 0.29) is 11.8 Å². The molecule has 6 nitrogen and oxygen atoms in total. The number of amides is 2. The van der Waals surface area contributed by atoms with Gasteiger partial charge < -0.3 is 0 Å². The van der Waals surface area contributed by atoms with Crippen molar-refractivity contribution in [2.24, 2.45) is 10.3 Å². The Hall–Kier alpha value is -3.02. The Balaban J connectivity index is 1.70. The van der Waals surface area contributed by atoms with Gasteiger partial charge in [0.1, 0.15) is 0 Å². The van der Waals surface area contributed by atoms with Crippen molar-refractivity contribution in [3.63, 3.8) is 0 Å². The van der Waals surface area contributed by atoms with Crippen LogP contribution in [0.15, 0.2) is 64.9 Å². The van der Waals surface area contributed by atoms with Crippen molar-refractivity contribution in [1.82, 2.24) is 0 Å². The number of hydrogen-bond donors (Lipinski definition) is 0. The molecule has 2 heterocycles. The maximum absolute atomic E-state index is 12.8. The van der Waals surface area contributed by atoms with Gasteiger partial charge in [-0.2, -0.15) is 5.11 Å². The highest BCUT2D eigenvalue weighted by atomic mass is 16.2. The van der Waals surface area contributed by atoms with Crippen molar-refractivity contribution in [2.45, 2.75) is 19.0 Å². The van der Waals surface area contributed by atoms with Crippen LogP contribution in [0.5, 0.6) is 0 Å². The number of rotatable bonds is 2. The van der Waals surface area contributed by atoms with E-state index in [1.165, 1.54) is 9.91 Å². The highest BCUT2D eigenvalue weighted by molar-refractivity contribution is 6.26. The van der Waals surface area contributed by atoms with Gasteiger partial charge in [-0.05, 0) is 31.2 Å². The molecule has 0 spiro atoms. The van der Waals surface area contributed by atoms with Crippen LogP contribution in [0.1, 0.15) is 5.56 Å². The normalized spacial score (nSPS) is 22.8. The monoisotopic (exact) mass is 306 g/mol. The lowest BCUT2D eigenvalue weighted by molar-refractivity contribution is -0.121. The first kappa shape index (κ1) is 13.6. The Bertz CT molecular complexity index is 801. The minimum absolute atomic E-state index is 0.294. The Labute approximate surface area is 133 Å². The first-order valence-electron chi connectivity index (χ1n) is 7.36. The summed E-state index contributed by atoms with van der Waals surface area (Å²) in [6.07, 6.45) is 0. The van der Waals surface area contributed by atoms with Gasteiger partial charge in [0.2, 0.25) is 0 Å². The van der Waals surface area contributed by atoms with Crippen molar-refractivity contribution in [1.29, 1.82) is 0 Å². The van der Waals surface area contributed by atoms with E-state index in [1.807, 2.05) is 49.4 Å². The van der Waals surface area contributed by atoms with E-state index in [2.05, 4.69) is 10.3 Å². The molecule has 0 saturated carbocycles. The van der Waals surface area contributed by atoms with Gasteiger partial charge in [-0.1, -0.05) is 41.1 Å². The molecule has 2 amide bonds. The Morgan fingerprint density at radius 1 is 0.870 bits per heavy atom. The number of carbonyl (C=O) groups is 2. The molecule has 23 heavy (non-hydrogen) atoms. The molecule has 6 heteroatoms. The predicted octanol–water partition coefficient (Wildman–Crippen LogP) is 2.49. The van der Waals surface area contributed by atoms with E-state index >= 15 is 0 Å². The molecular formula is C17H14N4O2. The standard InChI is InChI=1S/C17H14N4O2/c1-11-7-9-12(10-8-11)20-16(22)14-15(17(20)23)21(19-18-14)13-5-3-2-4-6-13/h2-10,14-15H,1H3/t14-,15-/m0/s1. The largest absolute Gasteiger partial charge is 0.271 e. The molecule has 1 fully saturated rings. The SMILES string of the molecule is Cc1ccc(N2C(=O)[C@H]3N=NN(c4ccccc4)[C@@H]3C2=O)cc1. The van der Waals surface area contributed by atoms with Gasteiger partial charge in [-0.25, -0.2) is 9.91 Å². The van der Waals surface area contributed by atoms with Crippen molar-refractivity contribution < 1.29 is 9.59 Å². The van der Waals surface area contributed by atoms with Crippen molar-refractivity contribution >= 4 is 23.2 Å². The average molecular weight is 306 g/mol. The third-order valence-corrected chi connectivity index (χ3v) is 4.09. The van der Waals surface area contributed by atoms with Crippen molar-refractivity contribution in [3.05, 3.63) is 60.2 Å². The van der Waals surface area contributed by atoms with Crippen molar-refractivity contribution in [3.8, 4) is 0 Å². The molecule has 4 rings (SSSR count). The summed E-state index contributed by atoms with van der Waals surface area (Å²) in [5, 5.41) is 9.57. The molecule has 0 unspecified atom stereocenters. The second-order valence-corrected chi connectivity index (χ2v) is 5.62. The van der Waals surface area contributed by atoms with Gasteiger partial charge in [0.05, 0.1) is 11.4 Å². The van der Waals surface area contributed by atoms with Crippen LogP contribution in [0, 0.1) is 6.92 Å². The maximum Gasteiger partial charge on any atom is 0.263 e. The smallest absolute Gasteiger partial charge is 0.263 e. The van der Waals surface area contributed by atoms with Crippen molar-refractivity contribution in [2.75, 3.05) is 9.91 Å². The van der Waals surface area contributed by atoms with Gasteiger partial charge in [-0.3, -0.25) is 9.59 Å². The van der Waals surface area contributed by atoms with Crippen LogP contribution in [0.3, 0.4) is 0 Å². The number of nitrogens with zero attached hydrogens (tertiary/aromatic N) is 4.